The van der Waals surface area contributed by atoms with Crippen LogP contribution in [0.25, 0.3) is 0 Å². The molecule has 2 rings (SSSR count). The van der Waals surface area contributed by atoms with Crippen molar-refractivity contribution >= 4 is 23.2 Å². The molecular formula is C15H13Cl2FO. The van der Waals surface area contributed by atoms with Crippen molar-refractivity contribution in [1.82, 2.24) is 0 Å². The summed E-state index contributed by atoms with van der Waals surface area (Å²) >= 11 is 11.8. The molecule has 0 saturated heterocycles. The highest BCUT2D eigenvalue weighted by molar-refractivity contribution is 6.31. The summed E-state index contributed by atoms with van der Waals surface area (Å²) in [6, 6.07) is 9.62. The molecule has 0 aliphatic heterocycles. The summed E-state index contributed by atoms with van der Waals surface area (Å²) in [4.78, 5) is 0. The monoisotopic (exact) mass is 298 g/mol. The van der Waals surface area contributed by atoms with E-state index in [1.807, 2.05) is 13.0 Å². The lowest BCUT2D eigenvalue weighted by Crippen LogP contribution is -2.04. The van der Waals surface area contributed by atoms with E-state index in [0.29, 0.717) is 21.2 Å². The summed E-state index contributed by atoms with van der Waals surface area (Å²) < 4.78 is 13.6. The third-order valence-electron chi connectivity index (χ3n) is 2.87. The summed E-state index contributed by atoms with van der Waals surface area (Å²) in [7, 11) is 0. The SMILES string of the molecule is Cc1cc(Cl)cc(C(O)Cc2cc(Cl)ccc2F)c1. The van der Waals surface area contributed by atoms with Gasteiger partial charge in [-0.15, -0.1) is 0 Å². The Kier molecular flexibility index (Phi) is 4.46. The minimum absolute atomic E-state index is 0.159. The fourth-order valence-electron chi connectivity index (χ4n) is 1.98. The second kappa shape index (κ2) is 5.91. The van der Waals surface area contributed by atoms with E-state index >= 15 is 0 Å². The Bertz CT molecular complexity index is 578. The van der Waals surface area contributed by atoms with E-state index in [1.165, 1.54) is 18.2 Å². The first-order chi connectivity index (χ1) is 8.95. The zero-order chi connectivity index (χ0) is 14.0. The van der Waals surface area contributed by atoms with Crippen LogP contribution in [0.4, 0.5) is 4.39 Å². The lowest BCUT2D eigenvalue weighted by Gasteiger charge is -2.13. The molecule has 19 heavy (non-hydrogen) atoms. The molecule has 100 valence electrons. The van der Waals surface area contributed by atoms with Gasteiger partial charge in [0.15, 0.2) is 0 Å². The molecule has 0 aromatic heterocycles. The maximum Gasteiger partial charge on any atom is 0.126 e. The van der Waals surface area contributed by atoms with E-state index in [4.69, 9.17) is 23.2 Å². The van der Waals surface area contributed by atoms with Crippen LogP contribution >= 0.6 is 23.2 Å². The molecule has 0 amide bonds. The van der Waals surface area contributed by atoms with Crippen LogP contribution in [0.2, 0.25) is 10.0 Å². The maximum atomic E-state index is 13.6. The quantitative estimate of drug-likeness (QED) is 0.869. The molecule has 4 heteroatoms. The van der Waals surface area contributed by atoms with Crippen LogP contribution in [0.1, 0.15) is 22.8 Å². The van der Waals surface area contributed by atoms with Crippen molar-refractivity contribution in [3.63, 3.8) is 0 Å². The Balaban J connectivity index is 2.25. The Hall–Kier alpha value is -1.09. The van der Waals surface area contributed by atoms with Crippen molar-refractivity contribution in [3.8, 4) is 0 Å². The van der Waals surface area contributed by atoms with Gasteiger partial charge in [-0.25, -0.2) is 4.39 Å². The van der Waals surface area contributed by atoms with Crippen molar-refractivity contribution in [2.24, 2.45) is 0 Å². The summed E-state index contributed by atoms with van der Waals surface area (Å²) in [5, 5.41) is 11.2. The fraction of sp³-hybridized carbons (Fsp3) is 0.200. The Morgan fingerprint density at radius 2 is 1.84 bits per heavy atom. The molecule has 0 bridgehead atoms. The average Bonchev–Trinajstić information content (AvgIpc) is 2.32. The van der Waals surface area contributed by atoms with Gasteiger partial charge in [0.2, 0.25) is 0 Å². The second-order valence-electron chi connectivity index (χ2n) is 4.52. The summed E-state index contributed by atoms with van der Waals surface area (Å²) in [5.41, 5.74) is 2.01. The van der Waals surface area contributed by atoms with Crippen LogP contribution in [0.15, 0.2) is 36.4 Å². The molecule has 2 aromatic rings. The molecule has 0 radical (unpaired) electrons. The van der Waals surface area contributed by atoms with E-state index in [9.17, 15) is 9.50 Å². The summed E-state index contributed by atoms with van der Waals surface area (Å²) in [6.07, 6.45) is -0.656. The number of hydrogen-bond donors (Lipinski definition) is 1. The highest BCUT2D eigenvalue weighted by Crippen LogP contribution is 2.25. The Labute approximate surface area is 121 Å². The number of aryl methyl sites for hydroxylation is 1. The predicted octanol–water partition coefficient (Wildman–Crippen LogP) is 4.72. The van der Waals surface area contributed by atoms with E-state index in [1.54, 1.807) is 12.1 Å². The van der Waals surface area contributed by atoms with Gasteiger partial charge in [-0.2, -0.15) is 0 Å². The van der Waals surface area contributed by atoms with Gasteiger partial charge in [0.25, 0.3) is 0 Å². The fourth-order valence-corrected chi connectivity index (χ4v) is 2.48. The first kappa shape index (κ1) is 14.3. The third kappa shape index (κ3) is 3.69. The predicted molar refractivity (Wildman–Crippen MR) is 76.3 cm³/mol. The molecule has 1 atom stereocenters. The number of hydrogen-bond acceptors (Lipinski definition) is 1. The maximum absolute atomic E-state index is 13.6. The lowest BCUT2D eigenvalue weighted by atomic mass is 10.00. The zero-order valence-corrected chi connectivity index (χ0v) is 11.8. The Morgan fingerprint density at radius 3 is 2.53 bits per heavy atom. The standard InChI is InChI=1S/C15H13Cl2FO/c1-9-4-11(7-13(17)5-9)15(19)8-10-6-12(16)2-3-14(10)18/h2-7,15,19H,8H2,1H3. The van der Waals surface area contributed by atoms with Crippen LogP contribution in [0.5, 0.6) is 0 Å². The first-order valence-corrected chi connectivity index (χ1v) is 6.60. The summed E-state index contributed by atoms with van der Waals surface area (Å²) in [6.45, 7) is 1.89. The second-order valence-corrected chi connectivity index (χ2v) is 5.39. The van der Waals surface area contributed by atoms with Gasteiger partial charge in [-0.3, -0.25) is 0 Å². The molecule has 1 unspecified atom stereocenters. The van der Waals surface area contributed by atoms with Crippen LogP contribution in [0.3, 0.4) is 0 Å². The zero-order valence-electron chi connectivity index (χ0n) is 10.3. The molecule has 0 saturated carbocycles. The average molecular weight is 299 g/mol. The topological polar surface area (TPSA) is 20.2 Å². The van der Waals surface area contributed by atoms with Gasteiger partial charge in [-0.1, -0.05) is 29.3 Å². The van der Waals surface area contributed by atoms with Crippen LogP contribution in [-0.2, 0) is 6.42 Å². The summed E-state index contributed by atoms with van der Waals surface area (Å²) in [5.74, 6) is -0.373. The van der Waals surface area contributed by atoms with Crippen molar-refractivity contribution in [1.29, 1.82) is 0 Å². The molecule has 0 spiro atoms. The van der Waals surface area contributed by atoms with E-state index < -0.39 is 6.10 Å². The molecule has 2 aromatic carbocycles. The highest BCUT2D eigenvalue weighted by Gasteiger charge is 2.13. The molecule has 0 heterocycles. The highest BCUT2D eigenvalue weighted by atomic mass is 35.5. The van der Waals surface area contributed by atoms with Gasteiger partial charge in [0.1, 0.15) is 5.82 Å². The molecule has 1 nitrogen and oxygen atoms in total. The van der Waals surface area contributed by atoms with Crippen LogP contribution < -0.4 is 0 Å². The minimum atomic E-state index is -0.814. The molecule has 0 fully saturated rings. The van der Waals surface area contributed by atoms with Crippen molar-refractivity contribution in [2.45, 2.75) is 19.4 Å². The van der Waals surface area contributed by atoms with Crippen molar-refractivity contribution in [2.75, 3.05) is 0 Å². The van der Waals surface area contributed by atoms with Gasteiger partial charge >= 0.3 is 0 Å². The van der Waals surface area contributed by atoms with E-state index in [-0.39, 0.29) is 12.2 Å². The van der Waals surface area contributed by atoms with Gasteiger partial charge in [-0.05, 0) is 53.9 Å². The van der Waals surface area contributed by atoms with Crippen molar-refractivity contribution < 1.29 is 9.50 Å². The number of aliphatic hydroxyl groups is 1. The third-order valence-corrected chi connectivity index (χ3v) is 3.32. The van der Waals surface area contributed by atoms with Crippen LogP contribution in [-0.4, -0.2) is 5.11 Å². The molecular weight excluding hydrogens is 286 g/mol. The normalized spacial score (nSPS) is 12.5. The van der Waals surface area contributed by atoms with Crippen LogP contribution in [0, 0.1) is 12.7 Å². The molecule has 1 N–H and O–H groups in total. The Morgan fingerprint density at radius 1 is 1.11 bits per heavy atom. The van der Waals surface area contributed by atoms with Gasteiger partial charge in [0.05, 0.1) is 6.10 Å². The number of aliphatic hydroxyl groups excluding tert-OH is 1. The number of benzene rings is 2. The van der Waals surface area contributed by atoms with Crippen molar-refractivity contribution in [3.05, 3.63) is 69.0 Å². The molecule has 0 aliphatic rings. The van der Waals surface area contributed by atoms with E-state index in [2.05, 4.69) is 0 Å². The largest absolute Gasteiger partial charge is 0.388 e. The number of rotatable bonds is 3. The van der Waals surface area contributed by atoms with E-state index in [0.717, 1.165) is 5.56 Å². The lowest BCUT2D eigenvalue weighted by molar-refractivity contribution is 0.177. The minimum Gasteiger partial charge on any atom is -0.388 e. The van der Waals surface area contributed by atoms with Gasteiger partial charge in [0, 0.05) is 16.5 Å². The first-order valence-electron chi connectivity index (χ1n) is 5.85. The van der Waals surface area contributed by atoms with Gasteiger partial charge < -0.3 is 5.11 Å². The number of halogens is 3. The smallest absolute Gasteiger partial charge is 0.126 e. The molecule has 0 aliphatic carbocycles.